The molecule has 1 N–H and O–H groups in total. The largest absolute Gasteiger partial charge is 0.507 e. The molecule has 2 aromatic heterocycles. The van der Waals surface area contributed by atoms with Crippen LogP contribution < -0.4 is 0 Å². The number of hydrogen-bond donors (Lipinski definition) is 1. The van der Waals surface area contributed by atoms with Gasteiger partial charge in [0.05, 0.1) is 5.56 Å². The molecule has 0 saturated heterocycles. The number of hydrogen-bond acceptors (Lipinski definition) is 5. The van der Waals surface area contributed by atoms with Crippen LogP contribution in [-0.2, 0) is 0 Å². The molecule has 5 nitrogen and oxygen atoms in total. The van der Waals surface area contributed by atoms with E-state index in [1.165, 1.54) is 0 Å². The van der Waals surface area contributed by atoms with E-state index in [4.69, 9.17) is 4.52 Å². The summed E-state index contributed by atoms with van der Waals surface area (Å²) in [5, 5.41) is 14.0. The molecule has 0 atom stereocenters. The molecule has 1 aromatic carbocycles. The topological polar surface area (TPSA) is 72.0 Å². The number of phenolic OH excluding ortho intramolecular Hbond substituents is 1. The Morgan fingerprint density at radius 2 is 1.85 bits per heavy atom. The first-order valence-corrected chi connectivity index (χ1v) is 6.21. The van der Waals surface area contributed by atoms with Crippen molar-refractivity contribution in [1.82, 2.24) is 15.1 Å². The fraction of sp³-hybridized carbons (Fsp3) is 0.133. The molecule has 20 heavy (non-hydrogen) atoms. The predicted octanol–water partition coefficient (Wildman–Crippen LogP) is 3.12. The summed E-state index contributed by atoms with van der Waals surface area (Å²) < 4.78 is 5.23. The zero-order chi connectivity index (χ0) is 14.1. The standard InChI is InChI=1S/C15H13N3O2/c1-9-6-4-8-16-12(9)14-17-15(20-18-14)11-7-3-5-10(2)13(11)19/h3-8,19H,1-2H3. The lowest BCUT2D eigenvalue weighted by molar-refractivity contribution is 0.425. The molecule has 3 rings (SSSR count). The molecule has 5 heteroatoms. The van der Waals surface area contributed by atoms with Crippen LogP contribution >= 0.6 is 0 Å². The summed E-state index contributed by atoms with van der Waals surface area (Å²) in [4.78, 5) is 8.56. The highest BCUT2D eigenvalue weighted by atomic mass is 16.5. The maximum Gasteiger partial charge on any atom is 0.262 e. The number of para-hydroxylation sites is 1. The molecular formula is C15H13N3O2. The monoisotopic (exact) mass is 267 g/mol. The second-order valence-corrected chi connectivity index (χ2v) is 4.56. The van der Waals surface area contributed by atoms with Gasteiger partial charge in [-0.25, -0.2) is 0 Å². The lowest BCUT2D eigenvalue weighted by atomic mass is 10.1. The molecule has 0 aliphatic rings. The van der Waals surface area contributed by atoms with Crippen LogP contribution in [0.2, 0.25) is 0 Å². The Morgan fingerprint density at radius 1 is 1.05 bits per heavy atom. The predicted molar refractivity (Wildman–Crippen MR) is 74.1 cm³/mol. The highest BCUT2D eigenvalue weighted by Crippen LogP contribution is 2.31. The Hall–Kier alpha value is -2.69. The Kier molecular flexibility index (Phi) is 2.95. The first-order chi connectivity index (χ1) is 9.66. The summed E-state index contributed by atoms with van der Waals surface area (Å²) in [5.41, 5.74) is 2.93. The van der Waals surface area contributed by atoms with Crippen LogP contribution in [0.5, 0.6) is 5.75 Å². The van der Waals surface area contributed by atoms with Gasteiger partial charge in [-0.05, 0) is 37.1 Å². The second-order valence-electron chi connectivity index (χ2n) is 4.56. The fourth-order valence-electron chi connectivity index (χ4n) is 1.98. The van der Waals surface area contributed by atoms with Crippen LogP contribution in [0, 0.1) is 13.8 Å². The molecule has 0 bridgehead atoms. The minimum atomic E-state index is 0.153. The first kappa shape index (κ1) is 12.3. The van der Waals surface area contributed by atoms with Crippen LogP contribution in [0.3, 0.4) is 0 Å². The van der Waals surface area contributed by atoms with Crippen LogP contribution in [-0.4, -0.2) is 20.2 Å². The van der Waals surface area contributed by atoms with E-state index in [9.17, 15) is 5.11 Å². The minimum absolute atomic E-state index is 0.153. The minimum Gasteiger partial charge on any atom is -0.507 e. The van der Waals surface area contributed by atoms with Gasteiger partial charge in [-0.1, -0.05) is 23.4 Å². The van der Waals surface area contributed by atoms with Crippen molar-refractivity contribution in [2.24, 2.45) is 0 Å². The van der Waals surface area contributed by atoms with Gasteiger partial charge in [-0.15, -0.1) is 0 Å². The van der Waals surface area contributed by atoms with Crippen molar-refractivity contribution in [3.8, 4) is 28.7 Å². The van der Waals surface area contributed by atoms with Gasteiger partial charge in [0.2, 0.25) is 5.82 Å². The number of aryl methyl sites for hydroxylation is 2. The van der Waals surface area contributed by atoms with Gasteiger partial charge in [0, 0.05) is 6.20 Å². The van der Waals surface area contributed by atoms with Crippen molar-refractivity contribution < 1.29 is 9.63 Å². The molecule has 0 aliphatic heterocycles. The van der Waals surface area contributed by atoms with Gasteiger partial charge in [-0.2, -0.15) is 4.98 Å². The van der Waals surface area contributed by atoms with Gasteiger partial charge >= 0.3 is 0 Å². The third kappa shape index (κ3) is 2.03. The van der Waals surface area contributed by atoms with Gasteiger partial charge in [0.1, 0.15) is 11.4 Å². The van der Waals surface area contributed by atoms with Gasteiger partial charge in [-0.3, -0.25) is 4.98 Å². The third-order valence-corrected chi connectivity index (χ3v) is 3.12. The summed E-state index contributed by atoms with van der Waals surface area (Å²) in [6, 6.07) is 9.18. The van der Waals surface area contributed by atoms with E-state index in [0.717, 1.165) is 11.1 Å². The molecule has 0 unspecified atom stereocenters. The summed E-state index contributed by atoms with van der Waals surface area (Å²) in [6.07, 6.45) is 1.68. The Balaban J connectivity index is 2.07. The number of phenols is 1. The lowest BCUT2D eigenvalue weighted by Gasteiger charge is -2.01. The highest BCUT2D eigenvalue weighted by Gasteiger charge is 2.16. The van der Waals surface area contributed by atoms with Crippen molar-refractivity contribution in [3.63, 3.8) is 0 Å². The quantitative estimate of drug-likeness (QED) is 0.772. The number of aromatic nitrogens is 3. The molecule has 0 spiro atoms. The van der Waals surface area contributed by atoms with Gasteiger partial charge in [0.15, 0.2) is 0 Å². The number of aromatic hydroxyl groups is 1. The van der Waals surface area contributed by atoms with E-state index < -0.39 is 0 Å². The molecule has 0 aliphatic carbocycles. The highest BCUT2D eigenvalue weighted by molar-refractivity contribution is 5.66. The van der Waals surface area contributed by atoms with Crippen molar-refractivity contribution in [3.05, 3.63) is 47.7 Å². The maximum absolute atomic E-state index is 10.0. The first-order valence-electron chi connectivity index (χ1n) is 6.21. The molecule has 2 heterocycles. The molecule has 0 radical (unpaired) electrons. The van der Waals surface area contributed by atoms with E-state index in [-0.39, 0.29) is 11.6 Å². The van der Waals surface area contributed by atoms with Crippen molar-refractivity contribution >= 4 is 0 Å². The maximum atomic E-state index is 10.0. The number of pyridine rings is 1. The average Bonchev–Trinajstić information content (AvgIpc) is 2.92. The summed E-state index contributed by atoms with van der Waals surface area (Å²) in [7, 11) is 0. The number of nitrogens with zero attached hydrogens (tertiary/aromatic N) is 3. The normalized spacial score (nSPS) is 10.7. The Morgan fingerprint density at radius 3 is 2.65 bits per heavy atom. The zero-order valence-electron chi connectivity index (χ0n) is 11.2. The van der Waals surface area contributed by atoms with Crippen LogP contribution in [0.1, 0.15) is 11.1 Å². The van der Waals surface area contributed by atoms with Gasteiger partial charge in [0.25, 0.3) is 5.89 Å². The van der Waals surface area contributed by atoms with Crippen LogP contribution in [0.25, 0.3) is 23.0 Å². The van der Waals surface area contributed by atoms with E-state index in [0.29, 0.717) is 17.1 Å². The Labute approximate surface area is 115 Å². The van der Waals surface area contributed by atoms with Crippen LogP contribution in [0.4, 0.5) is 0 Å². The van der Waals surface area contributed by atoms with E-state index in [1.807, 2.05) is 38.1 Å². The fourth-order valence-corrected chi connectivity index (χ4v) is 1.98. The smallest absolute Gasteiger partial charge is 0.262 e. The zero-order valence-corrected chi connectivity index (χ0v) is 11.2. The molecule has 100 valence electrons. The van der Waals surface area contributed by atoms with Crippen molar-refractivity contribution in [2.75, 3.05) is 0 Å². The summed E-state index contributed by atoms with van der Waals surface area (Å²) >= 11 is 0. The SMILES string of the molecule is Cc1cccnc1-c1noc(-c2cccc(C)c2O)n1. The molecular weight excluding hydrogens is 254 g/mol. The third-order valence-electron chi connectivity index (χ3n) is 3.12. The Bertz CT molecular complexity index is 765. The van der Waals surface area contributed by atoms with E-state index in [2.05, 4.69) is 15.1 Å². The number of rotatable bonds is 2. The number of benzene rings is 1. The van der Waals surface area contributed by atoms with E-state index in [1.54, 1.807) is 12.3 Å². The van der Waals surface area contributed by atoms with Gasteiger partial charge < -0.3 is 9.63 Å². The summed E-state index contributed by atoms with van der Waals surface area (Å²) in [5.74, 6) is 0.853. The molecule has 3 aromatic rings. The second kappa shape index (κ2) is 4.77. The average molecular weight is 267 g/mol. The molecule has 0 fully saturated rings. The van der Waals surface area contributed by atoms with Crippen LogP contribution in [0.15, 0.2) is 41.1 Å². The summed E-state index contributed by atoms with van der Waals surface area (Å²) in [6.45, 7) is 3.75. The van der Waals surface area contributed by atoms with Crippen molar-refractivity contribution in [1.29, 1.82) is 0 Å². The van der Waals surface area contributed by atoms with E-state index >= 15 is 0 Å². The molecule has 0 amide bonds. The lowest BCUT2D eigenvalue weighted by Crippen LogP contribution is -1.89. The molecule has 0 saturated carbocycles. The van der Waals surface area contributed by atoms with Crippen molar-refractivity contribution in [2.45, 2.75) is 13.8 Å².